The standard InChI is InChI=1S/C31H46N2O6Si/c1-21(2)10-13-25(34)16-24-17-28(39-27(24)20-38-40(8,9)31(4,5)6)32-18-22(3)29(35)33(30(32)36)19-23-11-14-26(37-7)15-12-23/h10-15,18,21,24,27-28H,16-17,19-20H2,1-9H3/b13-10+/t24-,27+,28+/m0/s1. The number of ether oxygens (including phenoxy) is 2. The van der Waals surface area contributed by atoms with Gasteiger partial charge in [-0.1, -0.05) is 52.8 Å². The minimum atomic E-state index is -2.06. The Morgan fingerprint density at radius 2 is 1.82 bits per heavy atom. The smallest absolute Gasteiger partial charge is 0.333 e. The molecule has 0 bridgehead atoms. The van der Waals surface area contributed by atoms with Gasteiger partial charge in [-0.15, -0.1) is 0 Å². The summed E-state index contributed by atoms with van der Waals surface area (Å²) in [4.78, 5) is 39.5. The lowest BCUT2D eigenvalue weighted by molar-refractivity contribution is -0.116. The van der Waals surface area contributed by atoms with Gasteiger partial charge in [-0.05, 0) is 67.1 Å². The maximum Gasteiger partial charge on any atom is 0.333 e. The second-order valence-corrected chi connectivity index (χ2v) is 17.5. The van der Waals surface area contributed by atoms with Gasteiger partial charge in [-0.25, -0.2) is 4.79 Å². The van der Waals surface area contributed by atoms with E-state index < -0.39 is 20.2 Å². The van der Waals surface area contributed by atoms with E-state index in [1.54, 1.807) is 38.4 Å². The van der Waals surface area contributed by atoms with Gasteiger partial charge in [0, 0.05) is 18.2 Å². The van der Waals surface area contributed by atoms with Gasteiger partial charge >= 0.3 is 5.69 Å². The Morgan fingerprint density at radius 1 is 1.18 bits per heavy atom. The van der Waals surface area contributed by atoms with E-state index in [2.05, 4.69) is 33.9 Å². The lowest BCUT2D eigenvalue weighted by atomic mass is 9.94. The summed E-state index contributed by atoms with van der Waals surface area (Å²) < 4.78 is 20.9. The molecule has 3 atom stereocenters. The zero-order valence-electron chi connectivity index (χ0n) is 25.5. The second-order valence-electron chi connectivity index (χ2n) is 12.7. The quantitative estimate of drug-likeness (QED) is 0.263. The molecule has 3 rings (SSSR count). The number of aryl methyl sites for hydroxylation is 1. The number of allylic oxidation sites excluding steroid dienone is 2. The average molecular weight is 571 g/mol. The van der Waals surface area contributed by atoms with Crippen molar-refractivity contribution in [2.45, 2.75) is 91.4 Å². The maximum absolute atomic E-state index is 13.6. The van der Waals surface area contributed by atoms with Gasteiger partial charge in [0.15, 0.2) is 14.1 Å². The number of methoxy groups -OCH3 is 1. The van der Waals surface area contributed by atoms with Crippen LogP contribution >= 0.6 is 0 Å². The highest BCUT2D eigenvalue weighted by Gasteiger charge is 2.42. The molecule has 1 aliphatic rings. The molecular weight excluding hydrogens is 524 g/mol. The Labute approximate surface area is 239 Å². The largest absolute Gasteiger partial charge is 0.497 e. The number of carbonyl (C=O) groups is 1. The molecule has 2 aromatic rings. The minimum Gasteiger partial charge on any atom is -0.497 e. The van der Waals surface area contributed by atoms with E-state index >= 15 is 0 Å². The molecule has 0 N–H and O–H groups in total. The molecule has 1 aliphatic heterocycles. The van der Waals surface area contributed by atoms with Gasteiger partial charge in [-0.3, -0.25) is 18.7 Å². The summed E-state index contributed by atoms with van der Waals surface area (Å²) in [5.41, 5.74) is 0.487. The topological polar surface area (TPSA) is 88.8 Å². The predicted octanol–water partition coefficient (Wildman–Crippen LogP) is 5.47. The molecule has 0 unspecified atom stereocenters. The van der Waals surface area contributed by atoms with Crippen LogP contribution in [0.1, 0.15) is 64.8 Å². The van der Waals surface area contributed by atoms with Crippen LogP contribution < -0.4 is 16.0 Å². The monoisotopic (exact) mass is 570 g/mol. The zero-order valence-corrected chi connectivity index (χ0v) is 26.5. The molecule has 9 heteroatoms. The van der Waals surface area contributed by atoms with Crippen molar-refractivity contribution in [3.05, 3.63) is 74.6 Å². The number of hydrogen-bond donors (Lipinski definition) is 0. The van der Waals surface area contributed by atoms with Crippen LogP contribution in [0, 0.1) is 18.8 Å². The summed E-state index contributed by atoms with van der Waals surface area (Å²) in [6.07, 6.45) is 4.97. The van der Waals surface area contributed by atoms with E-state index in [4.69, 9.17) is 13.9 Å². The summed E-state index contributed by atoms with van der Waals surface area (Å²) in [7, 11) is -0.472. The molecule has 0 amide bonds. The molecule has 0 aliphatic carbocycles. The van der Waals surface area contributed by atoms with E-state index in [9.17, 15) is 14.4 Å². The fourth-order valence-corrected chi connectivity index (χ4v) is 5.51. The summed E-state index contributed by atoms with van der Waals surface area (Å²) in [6.45, 7) is 17.2. The number of benzene rings is 1. The van der Waals surface area contributed by atoms with Crippen molar-refractivity contribution in [1.82, 2.24) is 9.13 Å². The SMILES string of the molecule is COc1ccc(Cn2c(=O)c(C)cn([C@H]3C[C@H](CC(=O)/C=C/C(C)C)[C@@H](CO[Si](C)(C)C(C)(C)C)O3)c2=O)cc1. The van der Waals surface area contributed by atoms with E-state index in [-0.39, 0.29) is 40.9 Å². The van der Waals surface area contributed by atoms with Crippen molar-refractivity contribution in [3.63, 3.8) is 0 Å². The molecule has 1 aromatic carbocycles. The number of hydrogen-bond acceptors (Lipinski definition) is 6. The predicted molar refractivity (Wildman–Crippen MR) is 161 cm³/mol. The van der Waals surface area contributed by atoms with Crippen LogP contribution in [-0.4, -0.2) is 43.1 Å². The molecule has 0 saturated carbocycles. The van der Waals surface area contributed by atoms with E-state index in [0.717, 1.165) is 5.56 Å². The van der Waals surface area contributed by atoms with Gasteiger partial charge in [-0.2, -0.15) is 0 Å². The zero-order chi connectivity index (χ0) is 29.8. The molecule has 2 heterocycles. The highest BCUT2D eigenvalue weighted by atomic mass is 28.4. The summed E-state index contributed by atoms with van der Waals surface area (Å²) in [5.74, 6) is 0.899. The van der Waals surface area contributed by atoms with Gasteiger partial charge in [0.25, 0.3) is 5.56 Å². The van der Waals surface area contributed by atoms with Crippen LogP contribution in [0.2, 0.25) is 18.1 Å². The van der Waals surface area contributed by atoms with Gasteiger partial charge < -0.3 is 13.9 Å². The normalized spacial score (nSPS) is 20.0. The van der Waals surface area contributed by atoms with Crippen molar-refractivity contribution in [2.75, 3.05) is 13.7 Å². The third kappa shape index (κ3) is 7.71. The second kappa shape index (κ2) is 12.8. The Balaban J connectivity index is 1.91. The first kappa shape index (κ1) is 31.8. The van der Waals surface area contributed by atoms with Crippen LogP contribution in [0.15, 0.2) is 52.2 Å². The highest BCUT2D eigenvalue weighted by Crippen LogP contribution is 2.39. The van der Waals surface area contributed by atoms with Gasteiger partial charge in [0.05, 0.1) is 26.4 Å². The minimum absolute atomic E-state index is 0.0291. The van der Waals surface area contributed by atoms with E-state index in [1.807, 2.05) is 32.1 Å². The lowest BCUT2D eigenvalue weighted by Crippen LogP contribution is -2.44. The van der Waals surface area contributed by atoms with Crippen LogP contribution in [0.25, 0.3) is 0 Å². The average Bonchev–Trinajstić information content (AvgIpc) is 3.28. The highest BCUT2D eigenvalue weighted by molar-refractivity contribution is 6.74. The fraction of sp³-hybridized carbons (Fsp3) is 0.581. The molecule has 8 nitrogen and oxygen atoms in total. The number of nitrogens with zero attached hydrogens (tertiary/aromatic N) is 2. The Kier molecular flexibility index (Phi) is 10.2. The molecular formula is C31H46N2O6Si. The molecule has 220 valence electrons. The molecule has 0 radical (unpaired) electrons. The van der Waals surface area contributed by atoms with Crippen LogP contribution in [0.4, 0.5) is 0 Å². The Hall–Kier alpha value is -2.75. The molecule has 1 fully saturated rings. The number of aromatic nitrogens is 2. The summed E-state index contributed by atoms with van der Waals surface area (Å²) in [5, 5.41) is 0.0291. The first-order valence-corrected chi connectivity index (χ1v) is 17.0. The third-order valence-electron chi connectivity index (χ3n) is 8.08. The van der Waals surface area contributed by atoms with Gasteiger partial charge in [0.1, 0.15) is 12.0 Å². The van der Waals surface area contributed by atoms with Crippen molar-refractivity contribution < 1.29 is 18.7 Å². The van der Waals surface area contributed by atoms with E-state index in [1.165, 1.54) is 9.13 Å². The maximum atomic E-state index is 13.6. The Bertz CT molecular complexity index is 1320. The molecule has 40 heavy (non-hydrogen) atoms. The number of ketones is 1. The van der Waals surface area contributed by atoms with E-state index in [0.29, 0.717) is 30.8 Å². The lowest BCUT2D eigenvalue weighted by Gasteiger charge is -2.37. The van der Waals surface area contributed by atoms with Crippen LogP contribution in [-0.2, 0) is 20.5 Å². The fourth-order valence-electron chi connectivity index (χ4n) is 4.50. The summed E-state index contributed by atoms with van der Waals surface area (Å²) >= 11 is 0. The van der Waals surface area contributed by atoms with Crippen molar-refractivity contribution in [1.29, 1.82) is 0 Å². The first-order chi connectivity index (χ1) is 18.6. The summed E-state index contributed by atoms with van der Waals surface area (Å²) in [6, 6.07) is 7.28. The molecule has 1 aromatic heterocycles. The van der Waals surface area contributed by atoms with Crippen LogP contribution in [0.5, 0.6) is 5.75 Å². The Morgan fingerprint density at radius 3 is 2.40 bits per heavy atom. The number of rotatable bonds is 11. The molecule has 0 spiro atoms. The van der Waals surface area contributed by atoms with Crippen molar-refractivity contribution in [2.24, 2.45) is 11.8 Å². The van der Waals surface area contributed by atoms with Crippen molar-refractivity contribution >= 4 is 14.1 Å². The van der Waals surface area contributed by atoms with Crippen LogP contribution in [0.3, 0.4) is 0 Å². The van der Waals surface area contributed by atoms with Crippen molar-refractivity contribution in [3.8, 4) is 5.75 Å². The third-order valence-corrected chi connectivity index (χ3v) is 12.6. The molecule has 1 saturated heterocycles. The number of carbonyl (C=O) groups excluding carboxylic acids is 1. The first-order valence-electron chi connectivity index (χ1n) is 14.1. The van der Waals surface area contributed by atoms with Gasteiger partial charge in [0.2, 0.25) is 0 Å².